The molecule has 2 aliphatic carbocycles. The molecule has 1 saturated carbocycles. The molecule has 1 aromatic carbocycles. The highest BCUT2D eigenvalue weighted by Gasteiger charge is 2.41. The summed E-state index contributed by atoms with van der Waals surface area (Å²) in [4.78, 5) is 0. The van der Waals surface area contributed by atoms with E-state index in [2.05, 4.69) is 55.6 Å². The molecule has 90 valence electrons. The van der Waals surface area contributed by atoms with E-state index in [1.165, 1.54) is 24.0 Å². The van der Waals surface area contributed by atoms with Crippen LogP contribution >= 0.6 is 0 Å². The molecule has 1 nitrogen and oxygen atoms in total. The Hall–Kier alpha value is -1.08. The van der Waals surface area contributed by atoms with Crippen LogP contribution in [0.5, 0.6) is 0 Å². The molecule has 2 aliphatic rings. The average molecular weight is 227 g/mol. The van der Waals surface area contributed by atoms with Crippen molar-refractivity contribution in [1.82, 2.24) is 5.32 Å². The minimum absolute atomic E-state index is 0.468. The SMILES string of the molecule is Cc1ccc(C(C)NC2CC3CC=CC32)cc1. The molecule has 0 spiro atoms. The van der Waals surface area contributed by atoms with Gasteiger partial charge in [-0.1, -0.05) is 42.0 Å². The van der Waals surface area contributed by atoms with Crippen LogP contribution in [0.4, 0.5) is 0 Å². The van der Waals surface area contributed by atoms with Crippen molar-refractivity contribution in [2.45, 2.75) is 38.8 Å². The molecular weight excluding hydrogens is 206 g/mol. The Balaban J connectivity index is 1.62. The third-order valence-corrected chi connectivity index (χ3v) is 4.40. The van der Waals surface area contributed by atoms with E-state index in [0.29, 0.717) is 12.1 Å². The second-order valence-corrected chi connectivity index (χ2v) is 5.64. The average Bonchev–Trinajstić information content (AvgIpc) is 2.68. The van der Waals surface area contributed by atoms with Gasteiger partial charge in [0.15, 0.2) is 0 Å². The van der Waals surface area contributed by atoms with E-state index >= 15 is 0 Å². The third-order valence-electron chi connectivity index (χ3n) is 4.40. The molecule has 4 unspecified atom stereocenters. The summed E-state index contributed by atoms with van der Waals surface area (Å²) in [6.45, 7) is 4.42. The zero-order valence-electron chi connectivity index (χ0n) is 10.7. The molecular formula is C16H21N. The maximum Gasteiger partial charge on any atom is 0.0294 e. The predicted octanol–water partition coefficient (Wildman–Crippen LogP) is 3.61. The molecule has 4 atom stereocenters. The lowest BCUT2D eigenvalue weighted by molar-refractivity contribution is 0.152. The number of aryl methyl sites for hydroxylation is 1. The van der Waals surface area contributed by atoms with Crippen LogP contribution in [0.3, 0.4) is 0 Å². The zero-order chi connectivity index (χ0) is 11.8. The van der Waals surface area contributed by atoms with E-state index in [-0.39, 0.29) is 0 Å². The Kier molecular flexibility index (Phi) is 2.79. The lowest BCUT2D eigenvalue weighted by Crippen LogP contribution is -2.48. The zero-order valence-corrected chi connectivity index (χ0v) is 10.7. The van der Waals surface area contributed by atoms with Crippen LogP contribution in [-0.2, 0) is 0 Å². The van der Waals surface area contributed by atoms with Gasteiger partial charge in [0, 0.05) is 12.1 Å². The second kappa shape index (κ2) is 4.30. The van der Waals surface area contributed by atoms with Gasteiger partial charge in [0.25, 0.3) is 0 Å². The molecule has 0 aromatic heterocycles. The van der Waals surface area contributed by atoms with Gasteiger partial charge in [-0.05, 0) is 44.1 Å². The standard InChI is InChI=1S/C16H21N/c1-11-6-8-13(9-7-11)12(2)17-16-10-14-4-3-5-15(14)16/h3,5-9,12,14-17H,4,10H2,1-2H3. The van der Waals surface area contributed by atoms with E-state index in [9.17, 15) is 0 Å². The van der Waals surface area contributed by atoms with Crippen molar-refractivity contribution in [2.24, 2.45) is 11.8 Å². The summed E-state index contributed by atoms with van der Waals surface area (Å²) in [5.74, 6) is 1.75. The molecule has 0 bridgehead atoms. The number of hydrogen-bond acceptors (Lipinski definition) is 1. The van der Waals surface area contributed by atoms with E-state index in [1.54, 1.807) is 0 Å². The summed E-state index contributed by atoms with van der Waals surface area (Å²) in [7, 11) is 0. The Morgan fingerprint density at radius 2 is 2.00 bits per heavy atom. The molecule has 3 rings (SSSR count). The van der Waals surface area contributed by atoms with Crippen LogP contribution in [0, 0.1) is 18.8 Å². The molecule has 0 heterocycles. The summed E-state index contributed by atoms with van der Waals surface area (Å²) in [6.07, 6.45) is 7.43. The fourth-order valence-electron chi connectivity index (χ4n) is 3.18. The van der Waals surface area contributed by atoms with Gasteiger partial charge in [0.2, 0.25) is 0 Å². The van der Waals surface area contributed by atoms with Crippen LogP contribution in [0.25, 0.3) is 0 Å². The predicted molar refractivity (Wildman–Crippen MR) is 71.9 cm³/mol. The fourth-order valence-corrected chi connectivity index (χ4v) is 3.18. The molecule has 0 aliphatic heterocycles. The normalized spacial score (nSPS) is 32.0. The minimum atomic E-state index is 0.468. The number of benzene rings is 1. The van der Waals surface area contributed by atoms with Gasteiger partial charge in [-0.2, -0.15) is 0 Å². The van der Waals surface area contributed by atoms with Crippen LogP contribution in [0.2, 0.25) is 0 Å². The largest absolute Gasteiger partial charge is 0.307 e. The van der Waals surface area contributed by atoms with E-state index < -0.39 is 0 Å². The first-order valence-corrected chi connectivity index (χ1v) is 6.73. The van der Waals surface area contributed by atoms with Gasteiger partial charge in [0.1, 0.15) is 0 Å². The van der Waals surface area contributed by atoms with E-state index in [4.69, 9.17) is 0 Å². The molecule has 0 saturated heterocycles. The highest BCUT2D eigenvalue weighted by atomic mass is 15.0. The summed E-state index contributed by atoms with van der Waals surface area (Å²) in [5.41, 5.74) is 2.74. The minimum Gasteiger partial charge on any atom is -0.307 e. The van der Waals surface area contributed by atoms with Crippen molar-refractivity contribution in [3.05, 3.63) is 47.5 Å². The topological polar surface area (TPSA) is 12.0 Å². The monoisotopic (exact) mass is 227 g/mol. The highest BCUT2D eigenvalue weighted by Crippen LogP contribution is 2.43. The molecule has 17 heavy (non-hydrogen) atoms. The lowest BCUT2D eigenvalue weighted by atomic mass is 9.71. The van der Waals surface area contributed by atoms with Crippen molar-refractivity contribution in [3.63, 3.8) is 0 Å². The van der Waals surface area contributed by atoms with Gasteiger partial charge in [-0.3, -0.25) is 0 Å². The van der Waals surface area contributed by atoms with Crippen LogP contribution < -0.4 is 5.32 Å². The molecule has 0 radical (unpaired) electrons. The van der Waals surface area contributed by atoms with Crippen molar-refractivity contribution >= 4 is 0 Å². The van der Waals surface area contributed by atoms with Gasteiger partial charge < -0.3 is 5.32 Å². The summed E-state index contributed by atoms with van der Waals surface area (Å²) < 4.78 is 0. The molecule has 1 fully saturated rings. The molecule has 1 N–H and O–H groups in total. The fraction of sp³-hybridized carbons (Fsp3) is 0.500. The van der Waals surface area contributed by atoms with Crippen molar-refractivity contribution < 1.29 is 0 Å². The number of hydrogen-bond donors (Lipinski definition) is 1. The van der Waals surface area contributed by atoms with Crippen molar-refractivity contribution in [1.29, 1.82) is 0 Å². The van der Waals surface area contributed by atoms with Crippen molar-refractivity contribution in [2.75, 3.05) is 0 Å². The number of nitrogens with one attached hydrogen (secondary N) is 1. The quantitative estimate of drug-likeness (QED) is 0.778. The van der Waals surface area contributed by atoms with Crippen molar-refractivity contribution in [3.8, 4) is 0 Å². The smallest absolute Gasteiger partial charge is 0.0294 e. The maximum atomic E-state index is 3.77. The van der Waals surface area contributed by atoms with Gasteiger partial charge in [-0.25, -0.2) is 0 Å². The number of allylic oxidation sites excluding steroid dienone is 1. The second-order valence-electron chi connectivity index (χ2n) is 5.64. The number of fused-ring (bicyclic) bond motifs is 1. The van der Waals surface area contributed by atoms with E-state index in [1.807, 2.05) is 0 Å². The van der Waals surface area contributed by atoms with Gasteiger partial charge in [0.05, 0.1) is 0 Å². The summed E-state index contributed by atoms with van der Waals surface area (Å²) in [6, 6.07) is 10.1. The van der Waals surface area contributed by atoms with Crippen LogP contribution in [-0.4, -0.2) is 6.04 Å². The Morgan fingerprint density at radius 3 is 2.71 bits per heavy atom. The lowest BCUT2D eigenvalue weighted by Gasteiger charge is -2.42. The first-order valence-electron chi connectivity index (χ1n) is 6.73. The first kappa shape index (κ1) is 11.0. The van der Waals surface area contributed by atoms with Gasteiger partial charge >= 0.3 is 0 Å². The summed E-state index contributed by atoms with van der Waals surface area (Å²) in [5, 5.41) is 3.77. The first-order chi connectivity index (χ1) is 8.24. The Bertz CT molecular complexity index is 418. The molecule has 1 aromatic rings. The molecule has 0 amide bonds. The van der Waals surface area contributed by atoms with Gasteiger partial charge in [-0.15, -0.1) is 0 Å². The van der Waals surface area contributed by atoms with Crippen LogP contribution in [0.15, 0.2) is 36.4 Å². The van der Waals surface area contributed by atoms with Crippen LogP contribution in [0.1, 0.15) is 36.9 Å². The maximum absolute atomic E-state index is 3.77. The third kappa shape index (κ3) is 2.04. The Labute approximate surface area is 104 Å². The van der Waals surface area contributed by atoms with E-state index in [0.717, 1.165) is 11.8 Å². The Morgan fingerprint density at radius 1 is 1.24 bits per heavy atom. The summed E-state index contributed by atoms with van der Waals surface area (Å²) >= 11 is 0. The number of rotatable bonds is 3. The molecule has 1 heteroatoms. The highest BCUT2D eigenvalue weighted by molar-refractivity contribution is 5.24.